The summed E-state index contributed by atoms with van der Waals surface area (Å²) in [4.78, 5) is 9.59. The number of aromatic nitrogens is 2. The number of phenolic OH excluding ortho intramolecular Hbond substituents is 2. The fourth-order valence-electron chi connectivity index (χ4n) is 6.92. The minimum Gasteiger partial charge on any atom is -0.507 e. The molecule has 0 aliphatic heterocycles. The van der Waals surface area contributed by atoms with E-state index in [1.807, 2.05) is 109 Å². The van der Waals surface area contributed by atoms with E-state index < -0.39 is 0 Å². The predicted octanol–water partition coefficient (Wildman–Crippen LogP) is 10.8. The van der Waals surface area contributed by atoms with E-state index in [0.717, 1.165) is 55.0 Å². The van der Waals surface area contributed by atoms with E-state index in [1.54, 1.807) is 12.4 Å². The van der Waals surface area contributed by atoms with Crippen molar-refractivity contribution in [3.63, 3.8) is 0 Å². The van der Waals surface area contributed by atoms with Crippen LogP contribution in [-0.4, -0.2) is 31.8 Å². The Hall–Kier alpha value is -6.92. The van der Waals surface area contributed by atoms with Crippen molar-refractivity contribution in [3.05, 3.63) is 169 Å². The summed E-state index contributed by atoms with van der Waals surface area (Å²) in [7, 11) is 0. The lowest BCUT2D eigenvalue weighted by Gasteiger charge is -2.09. The SMILES string of the molecule is Oc1cc2c3ccccc3n(-c3ccccc3)c2cc1C=Nc1ccccc1N=Cc1cc2c(cc1O)c1ccccc1n2-c1ccccc1. The molecule has 0 radical (unpaired) electrons. The lowest BCUT2D eigenvalue weighted by atomic mass is 10.1. The number of fused-ring (bicyclic) bond motifs is 6. The topological polar surface area (TPSA) is 75.0 Å². The van der Waals surface area contributed by atoms with E-state index in [1.165, 1.54) is 0 Å². The normalized spacial score (nSPS) is 12.0. The van der Waals surface area contributed by atoms with Crippen LogP contribution in [0.4, 0.5) is 11.4 Å². The highest BCUT2D eigenvalue weighted by Crippen LogP contribution is 2.38. The van der Waals surface area contributed by atoms with Gasteiger partial charge in [0.15, 0.2) is 0 Å². The van der Waals surface area contributed by atoms with Gasteiger partial charge in [0.05, 0.1) is 33.4 Å². The van der Waals surface area contributed by atoms with E-state index in [2.05, 4.69) is 57.7 Å². The lowest BCUT2D eigenvalue weighted by molar-refractivity contribution is 0.475. The highest BCUT2D eigenvalue weighted by molar-refractivity contribution is 6.12. The summed E-state index contributed by atoms with van der Waals surface area (Å²) in [5.41, 5.74) is 8.59. The Balaban J connectivity index is 1.11. The van der Waals surface area contributed by atoms with E-state index >= 15 is 0 Å². The summed E-state index contributed by atoms with van der Waals surface area (Å²) in [5.74, 6) is 0.287. The zero-order valence-corrected chi connectivity index (χ0v) is 26.8. The summed E-state index contributed by atoms with van der Waals surface area (Å²) in [5, 5.41) is 26.4. The van der Waals surface area contributed by atoms with Crippen LogP contribution in [0, 0.1) is 0 Å². The monoisotopic (exact) mass is 646 g/mol. The number of rotatable bonds is 6. The predicted molar refractivity (Wildman–Crippen MR) is 206 cm³/mol. The molecule has 0 aliphatic carbocycles. The van der Waals surface area contributed by atoms with Gasteiger partial charge in [-0.3, -0.25) is 9.98 Å². The number of para-hydroxylation sites is 6. The summed E-state index contributed by atoms with van der Waals surface area (Å²) >= 11 is 0. The second kappa shape index (κ2) is 12.0. The van der Waals surface area contributed by atoms with Gasteiger partial charge in [0, 0.05) is 56.5 Å². The van der Waals surface area contributed by atoms with Crippen LogP contribution in [0.1, 0.15) is 11.1 Å². The van der Waals surface area contributed by atoms with Gasteiger partial charge >= 0.3 is 0 Å². The number of aliphatic imine (C=N–C) groups is 2. The van der Waals surface area contributed by atoms with Gasteiger partial charge in [-0.15, -0.1) is 0 Å². The minimum absolute atomic E-state index is 0.144. The van der Waals surface area contributed by atoms with Gasteiger partial charge in [-0.25, -0.2) is 0 Å². The van der Waals surface area contributed by atoms with Crippen LogP contribution in [0.15, 0.2) is 168 Å². The van der Waals surface area contributed by atoms with Crippen molar-refractivity contribution in [2.45, 2.75) is 0 Å². The molecule has 6 heteroatoms. The largest absolute Gasteiger partial charge is 0.507 e. The number of hydrogen-bond donors (Lipinski definition) is 2. The van der Waals surface area contributed by atoms with Gasteiger partial charge < -0.3 is 19.3 Å². The smallest absolute Gasteiger partial charge is 0.125 e. The van der Waals surface area contributed by atoms with Gasteiger partial charge in [0.2, 0.25) is 0 Å². The quantitative estimate of drug-likeness (QED) is 0.176. The Morgan fingerprint density at radius 3 is 1.20 bits per heavy atom. The summed E-state index contributed by atoms with van der Waals surface area (Å²) in [6.45, 7) is 0. The first kappa shape index (κ1) is 29.2. The van der Waals surface area contributed by atoms with Crippen molar-refractivity contribution in [2.24, 2.45) is 9.98 Å². The van der Waals surface area contributed by atoms with Gasteiger partial charge in [-0.05, 0) is 72.8 Å². The van der Waals surface area contributed by atoms with Crippen LogP contribution in [0.5, 0.6) is 11.5 Å². The van der Waals surface area contributed by atoms with Crippen molar-refractivity contribution in [3.8, 4) is 22.9 Å². The molecule has 0 bridgehead atoms. The summed E-state index contributed by atoms with van der Waals surface area (Å²) in [6.07, 6.45) is 3.36. The third kappa shape index (κ3) is 4.90. The van der Waals surface area contributed by atoms with Crippen LogP contribution in [0.2, 0.25) is 0 Å². The van der Waals surface area contributed by atoms with E-state index in [9.17, 15) is 10.2 Å². The first-order valence-electron chi connectivity index (χ1n) is 16.4. The second-order valence-electron chi connectivity index (χ2n) is 12.2. The summed E-state index contributed by atoms with van der Waals surface area (Å²) < 4.78 is 4.42. The molecule has 7 aromatic carbocycles. The maximum absolute atomic E-state index is 11.2. The fraction of sp³-hybridized carbons (Fsp3) is 0. The Morgan fingerprint density at radius 1 is 0.380 bits per heavy atom. The maximum atomic E-state index is 11.2. The second-order valence-corrected chi connectivity index (χ2v) is 12.2. The van der Waals surface area contributed by atoms with Gasteiger partial charge in [0.1, 0.15) is 11.5 Å². The molecule has 0 unspecified atom stereocenters. The molecule has 2 heterocycles. The average molecular weight is 647 g/mol. The molecule has 0 spiro atoms. The molecule has 2 N–H and O–H groups in total. The molecule has 0 atom stereocenters. The molecule has 6 nitrogen and oxygen atoms in total. The van der Waals surface area contributed by atoms with Crippen molar-refractivity contribution in [1.29, 1.82) is 0 Å². The summed E-state index contributed by atoms with van der Waals surface area (Å²) in [6, 6.07) is 52.0. The molecule has 9 rings (SSSR count). The third-order valence-corrected chi connectivity index (χ3v) is 9.24. The molecule has 50 heavy (non-hydrogen) atoms. The van der Waals surface area contributed by atoms with E-state index in [4.69, 9.17) is 9.98 Å². The Labute approximate surface area is 287 Å². The Kier molecular flexibility index (Phi) is 6.99. The fourth-order valence-corrected chi connectivity index (χ4v) is 6.92. The zero-order valence-electron chi connectivity index (χ0n) is 26.8. The van der Waals surface area contributed by atoms with Crippen LogP contribution in [0.25, 0.3) is 55.0 Å². The van der Waals surface area contributed by atoms with Gasteiger partial charge in [0.25, 0.3) is 0 Å². The highest BCUT2D eigenvalue weighted by atomic mass is 16.3. The molecule has 0 saturated heterocycles. The number of aromatic hydroxyl groups is 2. The lowest BCUT2D eigenvalue weighted by Crippen LogP contribution is -1.94. The standard InChI is InChI=1S/C44H30N4O2/c49-43-25-35-33-17-7-11-21-39(33)47(31-13-3-1-4-14-31)41(35)23-29(43)27-45-37-19-9-10-20-38(37)46-28-30-24-42-36(26-44(30)50)34-18-8-12-22-40(34)48(42)32-15-5-2-6-16-32/h1-28,49-50H. The van der Waals surface area contributed by atoms with Gasteiger partial charge in [-0.2, -0.15) is 0 Å². The van der Waals surface area contributed by atoms with Crippen molar-refractivity contribution < 1.29 is 10.2 Å². The van der Waals surface area contributed by atoms with Crippen molar-refractivity contribution >= 4 is 67.4 Å². The minimum atomic E-state index is 0.144. The van der Waals surface area contributed by atoms with Crippen LogP contribution in [0.3, 0.4) is 0 Å². The zero-order chi connectivity index (χ0) is 33.6. The van der Waals surface area contributed by atoms with Crippen molar-refractivity contribution in [2.75, 3.05) is 0 Å². The molecule has 0 aliphatic rings. The van der Waals surface area contributed by atoms with Crippen LogP contribution >= 0.6 is 0 Å². The number of benzene rings is 7. The molecule has 0 saturated carbocycles. The van der Waals surface area contributed by atoms with Gasteiger partial charge in [-0.1, -0.05) is 84.9 Å². The molecule has 0 amide bonds. The molecule has 2 aromatic heterocycles. The molecule has 9 aromatic rings. The highest BCUT2D eigenvalue weighted by Gasteiger charge is 2.16. The van der Waals surface area contributed by atoms with Crippen molar-refractivity contribution in [1.82, 2.24) is 9.13 Å². The van der Waals surface area contributed by atoms with E-state index in [0.29, 0.717) is 22.5 Å². The molecular weight excluding hydrogens is 617 g/mol. The average Bonchev–Trinajstić information content (AvgIpc) is 3.65. The maximum Gasteiger partial charge on any atom is 0.125 e. The Bertz CT molecular complexity index is 2580. The molecular formula is C44H30N4O2. The Morgan fingerprint density at radius 2 is 0.760 bits per heavy atom. The number of hydrogen-bond acceptors (Lipinski definition) is 4. The van der Waals surface area contributed by atoms with Crippen LogP contribution < -0.4 is 0 Å². The van der Waals surface area contributed by atoms with Crippen LogP contribution in [-0.2, 0) is 0 Å². The third-order valence-electron chi connectivity index (χ3n) is 9.24. The first-order valence-corrected chi connectivity index (χ1v) is 16.4. The van der Waals surface area contributed by atoms with E-state index in [-0.39, 0.29) is 11.5 Å². The molecule has 0 fully saturated rings. The number of nitrogens with zero attached hydrogens (tertiary/aromatic N) is 4. The number of phenols is 2. The first-order chi connectivity index (χ1) is 24.6. The molecule has 238 valence electrons.